The van der Waals surface area contributed by atoms with E-state index in [0.29, 0.717) is 0 Å². The van der Waals surface area contributed by atoms with Crippen molar-refractivity contribution in [1.82, 2.24) is 0 Å². The van der Waals surface area contributed by atoms with E-state index in [2.05, 4.69) is 52.3 Å². The zero-order valence-electron chi connectivity index (χ0n) is 9.75. The van der Waals surface area contributed by atoms with E-state index in [-0.39, 0.29) is 5.54 Å². The van der Waals surface area contributed by atoms with E-state index in [9.17, 15) is 0 Å². The van der Waals surface area contributed by atoms with Crippen molar-refractivity contribution in [2.45, 2.75) is 31.2 Å². The Morgan fingerprint density at radius 3 is 2.35 bits per heavy atom. The molecule has 3 rings (SSSR count). The van der Waals surface area contributed by atoms with Crippen LogP contribution in [0.15, 0.2) is 40.9 Å². The van der Waals surface area contributed by atoms with Crippen LogP contribution in [0.25, 0.3) is 10.8 Å². The molecule has 0 saturated heterocycles. The van der Waals surface area contributed by atoms with Crippen molar-refractivity contribution in [3.63, 3.8) is 0 Å². The molecule has 0 bridgehead atoms. The van der Waals surface area contributed by atoms with Crippen LogP contribution in [0.2, 0.25) is 0 Å². The fourth-order valence-electron chi connectivity index (χ4n) is 2.99. The summed E-state index contributed by atoms with van der Waals surface area (Å²) in [5.74, 6) is 0. The number of fused-ring (bicyclic) bond motifs is 1. The summed E-state index contributed by atoms with van der Waals surface area (Å²) >= 11 is 3.66. The molecular formula is C15H16BrN. The van der Waals surface area contributed by atoms with Crippen LogP contribution in [0.5, 0.6) is 0 Å². The fraction of sp³-hybridized carbons (Fsp3) is 0.333. The standard InChI is InChI=1S/C15H16BrN/c16-13-8-4-6-11-5-3-7-12(14(11)13)15(17)9-1-2-10-15/h3-8H,1-2,9-10,17H2. The Labute approximate surface area is 110 Å². The Balaban J connectivity index is 2.29. The number of halogens is 1. The van der Waals surface area contributed by atoms with Crippen molar-refractivity contribution in [2.24, 2.45) is 5.73 Å². The second-order valence-corrected chi connectivity index (χ2v) is 5.86. The van der Waals surface area contributed by atoms with E-state index >= 15 is 0 Å². The maximum atomic E-state index is 6.59. The van der Waals surface area contributed by atoms with Crippen molar-refractivity contribution < 1.29 is 0 Å². The summed E-state index contributed by atoms with van der Waals surface area (Å²) in [5, 5.41) is 2.56. The van der Waals surface area contributed by atoms with Gasteiger partial charge < -0.3 is 5.73 Å². The van der Waals surface area contributed by atoms with Gasteiger partial charge in [-0.15, -0.1) is 0 Å². The molecule has 0 unspecified atom stereocenters. The molecule has 0 spiro atoms. The van der Waals surface area contributed by atoms with Gasteiger partial charge in [-0.3, -0.25) is 0 Å². The summed E-state index contributed by atoms with van der Waals surface area (Å²) in [6.07, 6.45) is 4.70. The fourth-order valence-corrected chi connectivity index (χ4v) is 3.58. The van der Waals surface area contributed by atoms with Gasteiger partial charge in [0.25, 0.3) is 0 Å². The first-order valence-electron chi connectivity index (χ1n) is 6.17. The Morgan fingerprint density at radius 1 is 1.00 bits per heavy atom. The quantitative estimate of drug-likeness (QED) is 0.831. The highest BCUT2D eigenvalue weighted by atomic mass is 79.9. The second-order valence-electron chi connectivity index (χ2n) is 5.01. The SMILES string of the molecule is NC1(c2cccc3cccc(Br)c23)CCCC1. The molecule has 0 heterocycles. The van der Waals surface area contributed by atoms with Crippen LogP contribution in [0.1, 0.15) is 31.2 Å². The summed E-state index contributed by atoms with van der Waals surface area (Å²) in [7, 11) is 0. The van der Waals surface area contributed by atoms with Gasteiger partial charge in [0.2, 0.25) is 0 Å². The molecule has 0 atom stereocenters. The zero-order valence-corrected chi connectivity index (χ0v) is 11.3. The molecular weight excluding hydrogens is 274 g/mol. The van der Waals surface area contributed by atoms with E-state index in [1.807, 2.05) is 0 Å². The molecule has 2 N–H and O–H groups in total. The number of hydrogen-bond donors (Lipinski definition) is 1. The lowest BCUT2D eigenvalue weighted by Gasteiger charge is -2.26. The molecule has 1 aliphatic rings. The summed E-state index contributed by atoms with van der Waals surface area (Å²) < 4.78 is 1.15. The van der Waals surface area contributed by atoms with Gasteiger partial charge in [-0.25, -0.2) is 0 Å². The van der Waals surface area contributed by atoms with Crippen LogP contribution in [0, 0.1) is 0 Å². The van der Waals surface area contributed by atoms with Crippen LogP contribution >= 0.6 is 15.9 Å². The Hall–Kier alpha value is -0.860. The van der Waals surface area contributed by atoms with Crippen molar-refractivity contribution in [3.8, 4) is 0 Å². The zero-order chi connectivity index (χ0) is 11.9. The van der Waals surface area contributed by atoms with Gasteiger partial charge in [0.15, 0.2) is 0 Å². The van der Waals surface area contributed by atoms with Gasteiger partial charge in [0, 0.05) is 15.4 Å². The van der Waals surface area contributed by atoms with Crippen molar-refractivity contribution >= 4 is 26.7 Å². The number of rotatable bonds is 1. The highest BCUT2D eigenvalue weighted by Gasteiger charge is 2.32. The molecule has 1 saturated carbocycles. The average Bonchev–Trinajstić information content (AvgIpc) is 2.77. The third-order valence-corrected chi connectivity index (χ3v) is 4.55. The summed E-state index contributed by atoms with van der Waals surface area (Å²) in [4.78, 5) is 0. The molecule has 0 aromatic heterocycles. The smallest absolute Gasteiger partial charge is 0.0416 e. The predicted molar refractivity (Wildman–Crippen MR) is 76.0 cm³/mol. The lowest BCUT2D eigenvalue weighted by molar-refractivity contribution is 0.466. The normalized spacial score (nSPS) is 18.7. The molecule has 0 amide bonds. The van der Waals surface area contributed by atoms with Gasteiger partial charge in [-0.1, -0.05) is 59.1 Å². The first-order valence-corrected chi connectivity index (χ1v) is 6.97. The summed E-state index contributed by atoms with van der Waals surface area (Å²) in [6.45, 7) is 0. The minimum absolute atomic E-state index is 0.122. The summed E-state index contributed by atoms with van der Waals surface area (Å²) in [5.41, 5.74) is 7.78. The molecule has 0 aliphatic heterocycles. The lowest BCUT2D eigenvalue weighted by atomic mass is 9.86. The van der Waals surface area contributed by atoms with Crippen molar-refractivity contribution in [3.05, 3.63) is 46.4 Å². The first kappa shape index (κ1) is 11.2. The number of benzene rings is 2. The van der Waals surface area contributed by atoms with Crippen LogP contribution in [-0.4, -0.2) is 0 Å². The van der Waals surface area contributed by atoms with Gasteiger partial charge in [-0.2, -0.15) is 0 Å². The summed E-state index contributed by atoms with van der Waals surface area (Å²) in [6, 6.07) is 12.8. The van der Waals surface area contributed by atoms with Gasteiger partial charge in [0.05, 0.1) is 0 Å². The molecule has 88 valence electrons. The minimum atomic E-state index is -0.122. The van der Waals surface area contributed by atoms with Gasteiger partial charge >= 0.3 is 0 Å². The molecule has 1 fully saturated rings. The predicted octanol–water partition coefficient (Wildman–Crippen LogP) is 4.33. The monoisotopic (exact) mass is 289 g/mol. The average molecular weight is 290 g/mol. The van der Waals surface area contributed by atoms with Crippen LogP contribution in [-0.2, 0) is 5.54 Å². The molecule has 17 heavy (non-hydrogen) atoms. The Kier molecular flexibility index (Phi) is 2.72. The van der Waals surface area contributed by atoms with E-state index < -0.39 is 0 Å². The van der Waals surface area contributed by atoms with E-state index in [1.54, 1.807) is 0 Å². The van der Waals surface area contributed by atoms with Crippen LogP contribution in [0.4, 0.5) is 0 Å². The van der Waals surface area contributed by atoms with E-state index in [4.69, 9.17) is 5.73 Å². The molecule has 0 radical (unpaired) electrons. The topological polar surface area (TPSA) is 26.0 Å². The maximum Gasteiger partial charge on any atom is 0.0416 e. The van der Waals surface area contributed by atoms with Crippen molar-refractivity contribution in [2.75, 3.05) is 0 Å². The van der Waals surface area contributed by atoms with Gasteiger partial charge in [0.1, 0.15) is 0 Å². The molecule has 2 heteroatoms. The van der Waals surface area contributed by atoms with Crippen molar-refractivity contribution in [1.29, 1.82) is 0 Å². The number of hydrogen-bond acceptors (Lipinski definition) is 1. The molecule has 2 aromatic rings. The highest BCUT2D eigenvalue weighted by Crippen LogP contribution is 2.41. The Bertz CT molecular complexity index is 551. The van der Waals surface area contributed by atoms with Crippen LogP contribution < -0.4 is 5.73 Å². The Morgan fingerprint density at radius 2 is 1.65 bits per heavy atom. The molecule has 1 nitrogen and oxygen atoms in total. The third-order valence-electron chi connectivity index (χ3n) is 3.89. The minimum Gasteiger partial charge on any atom is -0.321 e. The van der Waals surface area contributed by atoms with E-state index in [0.717, 1.165) is 17.3 Å². The largest absolute Gasteiger partial charge is 0.321 e. The van der Waals surface area contributed by atoms with E-state index in [1.165, 1.54) is 29.2 Å². The second kappa shape index (κ2) is 4.11. The third kappa shape index (κ3) is 1.80. The molecule has 2 aromatic carbocycles. The maximum absolute atomic E-state index is 6.59. The first-order chi connectivity index (χ1) is 8.21. The molecule has 1 aliphatic carbocycles. The van der Waals surface area contributed by atoms with Gasteiger partial charge in [-0.05, 0) is 29.9 Å². The lowest BCUT2D eigenvalue weighted by Crippen LogP contribution is -2.33. The van der Waals surface area contributed by atoms with Crippen LogP contribution in [0.3, 0.4) is 0 Å². The highest BCUT2D eigenvalue weighted by molar-refractivity contribution is 9.10. The number of nitrogens with two attached hydrogens (primary N) is 1.